The largest absolute Gasteiger partial charge is 0.354 e. The van der Waals surface area contributed by atoms with E-state index in [9.17, 15) is 4.79 Å². The molecule has 0 aromatic carbocycles. The summed E-state index contributed by atoms with van der Waals surface area (Å²) in [7, 11) is 4.09. The summed E-state index contributed by atoms with van der Waals surface area (Å²) in [6.45, 7) is 7.39. The van der Waals surface area contributed by atoms with Crippen LogP contribution in [-0.4, -0.2) is 61.0 Å². The highest BCUT2D eigenvalue weighted by Crippen LogP contribution is 2.39. The van der Waals surface area contributed by atoms with Gasteiger partial charge in [-0.05, 0) is 32.2 Å². The second-order valence-corrected chi connectivity index (χ2v) is 9.08. The van der Waals surface area contributed by atoms with Crippen LogP contribution in [0.5, 0.6) is 0 Å². The maximum Gasteiger partial charge on any atom is 0.222 e. The fourth-order valence-corrected chi connectivity index (χ4v) is 5.11. The molecule has 3 heterocycles. The van der Waals surface area contributed by atoms with E-state index in [2.05, 4.69) is 26.6 Å². The molecule has 0 bridgehead atoms. The van der Waals surface area contributed by atoms with E-state index in [0.717, 1.165) is 57.0 Å². The van der Waals surface area contributed by atoms with Crippen LogP contribution in [0.15, 0.2) is 6.20 Å². The van der Waals surface area contributed by atoms with E-state index >= 15 is 0 Å². The lowest BCUT2D eigenvalue weighted by atomic mass is 9.73. The molecule has 2 fully saturated rings. The van der Waals surface area contributed by atoms with Crippen LogP contribution < -0.4 is 4.90 Å². The van der Waals surface area contributed by atoms with Crippen molar-refractivity contribution in [3.05, 3.63) is 11.1 Å². The van der Waals surface area contributed by atoms with Crippen molar-refractivity contribution >= 4 is 22.4 Å². The van der Waals surface area contributed by atoms with Crippen LogP contribution in [0.3, 0.4) is 0 Å². The van der Waals surface area contributed by atoms with Crippen LogP contribution in [0, 0.1) is 5.41 Å². The predicted molar refractivity (Wildman–Crippen MR) is 104 cm³/mol. The highest BCUT2D eigenvalue weighted by Gasteiger charge is 2.41. The number of carbonyl (C=O) groups excluding carboxylic acids is 1. The van der Waals surface area contributed by atoms with E-state index < -0.39 is 0 Å². The highest BCUT2D eigenvalue weighted by atomic mass is 32.1. The molecule has 3 rings (SSSR count). The molecule has 1 aromatic heterocycles. The van der Waals surface area contributed by atoms with Gasteiger partial charge in [-0.15, -0.1) is 11.3 Å². The minimum absolute atomic E-state index is 0.314. The molecule has 0 radical (unpaired) electrons. The second kappa shape index (κ2) is 8.04. The third-order valence-corrected chi connectivity index (χ3v) is 6.72. The molecule has 2 saturated heterocycles. The van der Waals surface area contributed by atoms with E-state index in [1.54, 1.807) is 11.3 Å². The molecular weight excluding hydrogens is 332 g/mol. The van der Waals surface area contributed by atoms with Gasteiger partial charge in [-0.1, -0.05) is 13.3 Å². The van der Waals surface area contributed by atoms with E-state index in [-0.39, 0.29) is 0 Å². The van der Waals surface area contributed by atoms with Crippen LogP contribution in [0.1, 0.15) is 50.3 Å². The zero-order chi connectivity index (χ0) is 17.9. The number of piperidine rings is 2. The molecule has 1 spiro atoms. The van der Waals surface area contributed by atoms with Crippen molar-refractivity contribution in [1.82, 2.24) is 14.8 Å². The maximum atomic E-state index is 12.3. The number of hydrogen-bond acceptors (Lipinski definition) is 5. The first-order valence-corrected chi connectivity index (χ1v) is 10.5. The number of nitrogens with zero attached hydrogens (tertiary/aromatic N) is 4. The molecule has 1 aromatic rings. The Balaban J connectivity index is 1.62. The van der Waals surface area contributed by atoms with Gasteiger partial charge in [-0.2, -0.15) is 0 Å². The van der Waals surface area contributed by atoms with Crippen molar-refractivity contribution in [2.24, 2.45) is 5.41 Å². The molecule has 2 aliphatic heterocycles. The monoisotopic (exact) mass is 364 g/mol. The zero-order valence-corrected chi connectivity index (χ0v) is 16.8. The number of thiazole rings is 1. The fourth-order valence-electron chi connectivity index (χ4n) is 4.23. The Morgan fingerprint density at radius 1 is 1.32 bits per heavy atom. The normalized spacial score (nSPS) is 24.9. The Labute approximate surface area is 156 Å². The Bertz CT molecular complexity index is 588. The summed E-state index contributed by atoms with van der Waals surface area (Å²) in [6.07, 6.45) is 8.63. The van der Waals surface area contributed by atoms with E-state index in [0.29, 0.717) is 11.3 Å². The summed E-state index contributed by atoms with van der Waals surface area (Å²) in [5.41, 5.74) is 0.314. The van der Waals surface area contributed by atoms with Gasteiger partial charge in [0.2, 0.25) is 5.91 Å². The Morgan fingerprint density at radius 3 is 2.88 bits per heavy atom. The van der Waals surface area contributed by atoms with Crippen molar-refractivity contribution in [3.63, 3.8) is 0 Å². The lowest BCUT2D eigenvalue weighted by Crippen LogP contribution is -2.53. The predicted octanol–water partition coefficient (Wildman–Crippen LogP) is 3.21. The van der Waals surface area contributed by atoms with E-state index in [1.807, 2.05) is 20.3 Å². The SMILES string of the molecule is CCCCN1CC2(CCCN(Cc3cnc(N(C)C)s3)C2)CCC1=O. The van der Waals surface area contributed by atoms with Crippen molar-refractivity contribution in [1.29, 1.82) is 0 Å². The first-order valence-electron chi connectivity index (χ1n) is 9.63. The Kier molecular flexibility index (Phi) is 6.00. The summed E-state index contributed by atoms with van der Waals surface area (Å²) >= 11 is 1.79. The minimum atomic E-state index is 0.314. The van der Waals surface area contributed by atoms with Gasteiger partial charge in [-0.25, -0.2) is 4.98 Å². The molecule has 0 N–H and O–H groups in total. The highest BCUT2D eigenvalue weighted by molar-refractivity contribution is 7.15. The second-order valence-electron chi connectivity index (χ2n) is 7.99. The van der Waals surface area contributed by atoms with Crippen molar-refractivity contribution < 1.29 is 4.79 Å². The van der Waals surface area contributed by atoms with Gasteiger partial charge in [0.15, 0.2) is 5.13 Å². The molecule has 140 valence electrons. The third kappa shape index (κ3) is 4.53. The van der Waals surface area contributed by atoms with E-state index in [4.69, 9.17) is 0 Å². The summed E-state index contributed by atoms with van der Waals surface area (Å²) in [5, 5.41) is 1.08. The summed E-state index contributed by atoms with van der Waals surface area (Å²) in [4.78, 5) is 24.9. The van der Waals surface area contributed by atoms with Crippen LogP contribution in [-0.2, 0) is 11.3 Å². The van der Waals surface area contributed by atoms with Crippen LogP contribution in [0.2, 0.25) is 0 Å². The number of carbonyl (C=O) groups is 1. The number of anilines is 1. The molecule has 1 atom stereocenters. The lowest BCUT2D eigenvalue weighted by molar-refractivity contribution is -0.139. The number of rotatable bonds is 6. The number of unbranched alkanes of at least 4 members (excludes halogenated alkanes) is 1. The van der Waals surface area contributed by atoms with Gasteiger partial charge in [0, 0.05) is 63.2 Å². The van der Waals surface area contributed by atoms with Gasteiger partial charge >= 0.3 is 0 Å². The van der Waals surface area contributed by atoms with Crippen molar-refractivity contribution in [2.75, 3.05) is 45.2 Å². The lowest BCUT2D eigenvalue weighted by Gasteiger charge is -2.48. The smallest absolute Gasteiger partial charge is 0.222 e. The Hall–Kier alpha value is -1.14. The summed E-state index contributed by atoms with van der Waals surface area (Å²) in [6, 6.07) is 0. The number of hydrogen-bond donors (Lipinski definition) is 0. The van der Waals surface area contributed by atoms with E-state index in [1.165, 1.54) is 24.3 Å². The van der Waals surface area contributed by atoms with Gasteiger partial charge in [-0.3, -0.25) is 9.69 Å². The summed E-state index contributed by atoms with van der Waals surface area (Å²) < 4.78 is 0. The molecule has 1 amide bonds. The average Bonchev–Trinajstić information content (AvgIpc) is 3.05. The topological polar surface area (TPSA) is 39.7 Å². The zero-order valence-electron chi connectivity index (χ0n) is 16.0. The van der Waals surface area contributed by atoms with Crippen molar-refractivity contribution in [3.8, 4) is 0 Å². The van der Waals surface area contributed by atoms with Crippen LogP contribution >= 0.6 is 11.3 Å². The summed E-state index contributed by atoms with van der Waals surface area (Å²) in [5.74, 6) is 0.370. The van der Waals surface area contributed by atoms with Gasteiger partial charge in [0.25, 0.3) is 0 Å². The van der Waals surface area contributed by atoms with Gasteiger partial charge in [0.1, 0.15) is 0 Å². The molecular formula is C19H32N4OS. The maximum absolute atomic E-state index is 12.3. The molecule has 25 heavy (non-hydrogen) atoms. The number of amides is 1. The molecule has 5 nitrogen and oxygen atoms in total. The van der Waals surface area contributed by atoms with Crippen molar-refractivity contribution in [2.45, 2.75) is 52.0 Å². The first-order chi connectivity index (χ1) is 12.0. The first kappa shape index (κ1) is 18.6. The molecule has 2 aliphatic rings. The average molecular weight is 365 g/mol. The minimum Gasteiger partial charge on any atom is -0.354 e. The molecule has 6 heteroatoms. The molecule has 0 aliphatic carbocycles. The quantitative estimate of drug-likeness (QED) is 0.777. The fraction of sp³-hybridized carbons (Fsp3) is 0.789. The third-order valence-electron chi connectivity index (χ3n) is 5.57. The van der Waals surface area contributed by atoms with Gasteiger partial charge < -0.3 is 9.80 Å². The number of aromatic nitrogens is 1. The molecule has 1 unspecified atom stereocenters. The van der Waals surface area contributed by atoms with Gasteiger partial charge in [0.05, 0.1) is 0 Å². The standard InChI is InChI=1S/C19H32N4OS/c1-4-5-11-23-15-19(9-7-17(23)24)8-6-10-22(14-19)13-16-12-20-18(25-16)21(2)3/h12H,4-11,13-15H2,1-3H3. The molecule has 0 saturated carbocycles. The number of likely N-dealkylation sites (tertiary alicyclic amines) is 2. The van der Waals surface area contributed by atoms with Crippen LogP contribution in [0.25, 0.3) is 0 Å². The van der Waals surface area contributed by atoms with Crippen LogP contribution in [0.4, 0.5) is 5.13 Å². The Morgan fingerprint density at radius 2 is 2.16 bits per heavy atom.